The molecule has 1 atom stereocenters. The van der Waals surface area contributed by atoms with E-state index < -0.39 is 0 Å². The second-order valence-corrected chi connectivity index (χ2v) is 9.91. The lowest BCUT2D eigenvalue weighted by molar-refractivity contribution is 0.623. The maximum atomic E-state index is 6.46. The first-order valence-electron chi connectivity index (χ1n) is 13.4. The van der Waals surface area contributed by atoms with Gasteiger partial charge in [-0.25, -0.2) is 9.98 Å². The van der Waals surface area contributed by atoms with Crippen molar-refractivity contribution in [3.8, 4) is 11.5 Å². The molecule has 8 rings (SSSR count). The van der Waals surface area contributed by atoms with E-state index in [-0.39, 0.29) is 6.17 Å². The van der Waals surface area contributed by atoms with E-state index in [0.717, 1.165) is 61.1 Å². The van der Waals surface area contributed by atoms with Crippen molar-refractivity contribution in [2.45, 2.75) is 6.17 Å². The number of nitrogens with zero attached hydrogens (tertiary/aromatic N) is 3. The van der Waals surface area contributed by atoms with Crippen LogP contribution in [0.1, 0.15) is 17.3 Å². The topological polar surface area (TPSA) is 55.4 Å². The van der Waals surface area contributed by atoms with Crippen molar-refractivity contribution < 1.29 is 4.42 Å². The number of oxazole rings is 1. The third-order valence-corrected chi connectivity index (χ3v) is 7.47. The number of nitrogens with one attached hydrogen (secondary N) is 1. The van der Waals surface area contributed by atoms with Crippen molar-refractivity contribution in [3.05, 3.63) is 145 Å². The molecule has 7 aromatic rings. The van der Waals surface area contributed by atoms with Gasteiger partial charge in [0.1, 0.15) is 17.5 Å². The Morgan fingerprint density at radius 1 is 0.650 bits per heavy atom. The van der Waals surface area contributed by atoms with Crippen molar-refractivity contribution >= 4 is 44.4 Å². The number of rotatable bonds is 3. The number of para-hydroxylation sites is 1. The lowest BCUT2D eigenvalue weighted by Gasteiger charge is -2.25. The normalized spacial score (nSPS) is 15.2. The van der Waals surface area contributed by atoms with Crippen molar-refractivity contribution in [3.63, 3.8) is 0 Å². The van der Waals surface area contributed by atoms with Crippen molar-refractivity contribution in [1.82, 2.24) is 14.9 Å². The van der Waals surface area contributed by atoms with Gasteiger partial charge in [0.2, 0.25) is 5.89 Å². The van der Waals surface area contributed by atoms with Gasteiger partial charge < -0.3 is 9.73 Å². The van der Waals surface area contributed by atoms with Gasteiger partial charge in [-0.05, 0) is 41.5 Å². The molecule has 2 aromatic heterocycles. The summed E-state index contributed by atoms with van der Waals surface area (Å²) in [5.41, 5.74) is 7.92. The molecule has 5 aromatic carbocycles. The van der Waals surface area contributed by atoms with E-state index in [2.05, 4.69) is 94.8 Å². The van der Waals surface area contributed by atoms with Gasteiger partial charge in [-0.2, -0.15) is 0 Å². The van der Waals surface area contributed by atoms with Gasteiger partial charge in [-0.1, -0.05) is 97.1 Å². The molecule has 0 aliphatic carbocycles. The van der Waals surface area contributed by atoms with Gasteiger partial charge in [0.05, 0.1) is 16.4 Å². The first kappa shape index (κ1) is 22.6. The molecular weight excluding hydrogens is 492 g/mol. The molecule has 1 N–H and O–H groups in total. The van der Waals surface area contributed by atoms with Crippen LogP contribution >= 0.6 is 0 Å². The van der Waals surface area contributed by atoms with Crippen LogP contribution in [0.15, 0.2) is 143 Å². The van der Waals surface area contributed by atoms with Crippen LogP contribution in [0, 0.1) is 0 Å². The molecule has 0 fully saturated rings. The molecule has 0 amide bonds. The lowest BCUT2D eigenvalue weighted by atomic mass is 10.1. The molecule has 0 radical (unpaired) electrons. The van der Waals surface area contributed by atoms with Crippen LogP contribution in [0.25, 0.3) is 50.1 Å². The highest BCUT2D eigenvalue weighted by Gasteiger charge is 2.24. The summed E-state index contributed by atoms with van der Waals surface area (Å²) in [6, 6.07) is 43.4. The zero-order chi connectivity index (χ0) is 26.5. The van der Waals surface area contributed by atoms with E-state index in [1.54, 1.807) is 0 Å². The Kier molecular flexibility index (Phi) is 5.13. The van der Waals surface area contributed by atoms with Crippen LogP contribution < -0.4 is 5.32 Å². The molecule has 0 bridgehead atoms. The van der Waals surface area contributed by atoms with E-state index in [1.807, 2.05) is 48.5 Å². The highest BCUT2D eigenvalue weighted by atomic mass is 16.3. The molecule has 3 heterocycles. The molecule has 40 heavy (non-hydrogen) atoms. The predicted octanol–water partition coefficient (Wildman–Crippen LogP) is 8.19. The molecule has 1 aliphatic rings. The fourth-order valence-corrected chi connectivity index (χ4v) is 5.61. The number of aliphatic imine (C=N–C) groups is 1. The van der Waals surface area contributed by atoms with Gasteiger partial charge >= 0.3 is 0 Å². The summed E-state index contributed by atoms with van der Waals surface area (Å²) in [4.78, 5) is 10.1. The number of hydrogen-bond donors (Lipinski definition) is 1. The van der Waals surface area contributed by atoms with Crippen LogP contribution in [0.3, 0.4) is 0 Å². The molecule has 1 unspecified atom stereocenters. The summed E-state index contributed by atoms with van der Waals surface area (Å²) in [5.74, 6) is 1.48. The Labute approximate surface area is 230 Å². The molecule has 0 saturated carbocycles. The maximum absolute atomic E-state index is 6.46. The minimum Gasteiger partial charge on any atom is -0.435 e. The van der Waals surface area contributed by atoms with E-state index in [1.165, 1.54) is 0 Å². The maximum Gasteiger partial charge on any atom is 0.227 e. The van der Waals surface area contributed by atoms with Gasteiger partial charge in [0, 0.05) is 22.7 Å². The van der Waals surface area contributed by atoms with Crippen LogP contribution in [0.5, 0.6) is 0 Å². The highest BCUT2D eigenvalue weighted by Crippen LogP contribution is 2.38. The Hall–Kier alpha value is -5.42. The second kappa shape index (κ2) is 9.10. The highest BCUT2D eigenvalue weighted by molar-refractivity contribution is 6.23. The Morgan fingerprint density at radius 3 is 2.10 bits per heavy atom. The summed E-state index contributed by atoms with van der Waals surface area (Å²) in [6.07, 6.45) is 1.91. The fraction of sp³-hybridized carbons (Fsp3) is 0.0286. The minimum absolute atomic E-state index is 0.230. The predicted molar refractivity (Wildman–Crippen MR) is 162 cm³/mol. The van der Waals surface area contributed by atoms with Gasteiger partial charge in [-0.15, -0.1) is 0 Å². The molecule has 0 saturated heterocycles. The Morgan fingerprint density at radius 2 is 1.32 bits per heavy atom. The second-order valence-electron chi connectivity index (χ2n) is 9.91. The first-order valence-corrected chi connectivity index (χ1v) is 13.4. The van der Waals surface area contributed by atoms with Crippen LogP contribution in [0.4, 0.5) is 0 Å². The minimum atomic E-state index is -0.230. The Balaban J connectivity index is 1.39. The largest absolute Gasteiger partial charge is 0.435 e. The SMILES string of the molecule is C1=C(c2ccccc2)NC(c2ccccc2)N=C1n1c2ccccc2c2c3oc(-c4ccccc4)nc3ccc21. The zero-order valence-corrected chi connectivity index (χ0v) is 21.5. The van der Waals surface area contributed by atoms with E-state index in [4.69, 9.17) is 14.4 Å². The van der Waals surface area contributed by atoms with Gasteiger partial charge in [0.25, 0.3) is 0 Å². The number of aromatic nitrogens is 2. The number of hydrogen-bond acceptors (Lipinski definition) is 4. The summed E-state index contributed by atoms with van der Waals surface area (Å²) >= 11 is 0. The molecular formula is C35H24N4O. The van der Waals surface area contributed by atoms with Crippen LogP contribution in [0.2, 0.25) is 0 Å². The smallest absolute Gasteiger partial charge is 0.227 e. The lowest BCUT2D eigenvalue weighted by Crippen LogP contribution is -2.27. The number of allylic oxidation sites excluding steroid dienone is 1. The molecule has 5 nitrogen and oxygen atoms in total. The number of fused-ring (bicyclic) bond motifs is 5. The number of benzene rings is 5. The average molecular weight is 517 g/mol. The van der Waals surface area contributed by atoms with Crippen molar-refractivity contribution in [1.29, 1.82) is 0 Å². The quantitative estimate of drug-likeness (QED) is 0.258. The standard InChI is InChI=1S/C35H24N4O/c1-4-12-23(13-5-1)28-22-31(38-34(36-28)24-14-6-2-7-15-24)39-29-19-11-10-18-26(29)32-30(39)21-20-27-33(32)40-35(37-27)25-16-8-3-9-17-25/h1-22,34,36H. The van der Waals surface area contributed by atoms with Crippen molar-refractivity contribution in [2.75, 3.05) is 0 Å². The third kappa shape index (κ3) is 3.63. The third-order valence-electron chi connectivity index (χ3n) is 7.47. The van der Waals surface area contributed by atoms with Gasteiger partial charge in [-0.3, -0.25) is 4.57 Å². The monoisotopic (exact) mass is 516 g/mol. The molecule has 5 heteroatoms. The molecule has 190 valence electrons. The Bertz CT molecular complexity index is 2070. The molecule has 1 aliphatic heterocycles. The summed E-state index contributed by atoms with van der Waals surface area (Å²) in [5, 5.41) is 5.80. The summed E-state index contributed by atoms with van der Waals surface area (Å²) < 4.78 is 8.71. The van der Waals surface area contributed by atoms with E-state index >= 15 is 0 Å². The summed E-state index contributed by atoms with van der Waals surface area (Å²) in [6.45, 7) is 0. The summed E-state index contributed by atoms with van der Waals surface area (Å²) in [7, 11) is 0. The van der Waals surface area contributed by atoms with E-state index in [0.29, 0.717) is 5.89 Å². The van der Waals surface area contributed by atoms with Crippen molar-refractivity contribution in [2.24, 2.45) is 4.99 Å². The van der Waals surface area contributed by atoms with Crippen LogP contribution in [-0.2, 0) is 0 Å². The van der Waals surface area contributed by atoms with Crippen LogP contribution in [-0.4, -0.2) is 15.4 Å². The van der Waals surface area contributed by atoms with Gasteiger partial charge in [0.15, 0.2) is 5.58 Å². The first-order chi connectivity index (χ1) is 19.8. The van der Waals surface area contributed by atoms with E-state index in [9.17, 15) is 0 Å². The average Bonchev–Trinajstić information content (AvgIpc) is 3.62. The zero-order valence-electron chi connectivity index (χ0n) is 21.5. The molecule has 0 spiro atoms. The fourth-order valence-electron chi connectivity index (χ4n) is 5.61.